The molecule has 0 bridgehead atoms. The Morgan fingerprint density at radius 2 is 2.05 bits per heavy atom. The Hall–Kier alpha value is -1.34. The van der Waals surface area contributed by atoms with Crippen molar-refractivity contribution in [3.05, 3.63) is 23.8 Å². The summed E-state index contributed by atoms with van der Waals surface area (Å²) < 4.78 is 34.0. The Bertz CT molecular complexity index is 656. The number of fused-ring (bicyclic) bond motifs is 1. The van der Waals surface area contributed by atoms with Crippen molar-refractivity contribution in [1.82, 2.24) is 0 Å². The Balaban J connectivity index is 1.96. The van der Waals surface area contributed by atoms with Gasteiger partial charge in [-0.05, 0) is 17.7 Å². The first-order valence-corrected chi connectivity index (χ1v) is 8.13. The Kier molecular flexibility index (Phi) is 2.72. The first-order chi connectivity index (χ1) is 8.89. The predicted molar refractivity (Wildman–Crippen MR) is 74.2 cm³/mol. The minimum absolute atomic E-state index is 0.179. The van der Waals surface area contributed by atoms with E-state index < -0.39 is 15.1 Å². The first kappa shape index (κ1) is 12.7. The molecule has 3 rings (SSSR count). The molecule has 0 aromatic heterocycles. The van der Waals surface area contributed by atoms with Gasteiger partial charge in [0.2, 0.25) is 6.79 Å². The molecular weight excluding hydrogens is 286 g/mol. The van der Waals surface area contributed by atoms with E-state index in [1.54, 1.807) is 6.07 Å². The summed E-state index contributed by atoms with van der Waals surface area (Å²) in [6.07, 6.45) is 1.22. The fourth-order valence-electron chi connectivity index (χ4n) is 2.67. The molecule has 1 fully saturated rings. The van der Waals surface area contributed by atoms with Crippen molar-refractivity contribution < 1.29 is 17.9 Å². The van der Waals surface area contributed by atoms with Crippen LogP contribution in [0.5, 0.6) is 11.5 Å². The van der Waals surface area contributed by atoms with Gasteiger partial charge in [0.25, 0.3) is 0 Å². The molecule has 2 aliphatic rings. The third-order valence-corrected chi connectivity index (χ3v) is 5.41. The number of thiocarbonyl (C=S) groups is 1. The summed E-state index contributed by atoms with van der Waals surface area (Å²) in [6.45, 7) is 0.192. The lowest BCUT2D eigenvalue weighted by Gasteiger charge is -2.02. The van der Waals surface area contributed by atoms with Crippen LogP contribution in [0.4, 0.5) is 0 Å². The van der Waals surface area contributed by atoms with Crippen LogP contribution in [0.15, 0.2) is 18.2 Å². The number of nitrogens with two attached hydrogens (primary N) is 1. The maximum absolute atomic E-state index is 11.8. The highest BCUT2D eigenvalue weighted by Gasteiger charge is 2.58. The van der Waals surface area contributed by atoms with E-state index in [2.05, 4.69) is 0 Å². The number of hydrogen-bond acceptors (Lipinski definition) is 5. The standard InChI is InChI=1S/C12H13NO4S2/c1-19(14,15)11-9(10(11)12(13)18)6-2-3-7-8(4-6)17-5-16-7/h2-4,9-11H,5H2,1H3,(H2,13,18)/t9-,10-,11+/m0/s1. The van der Waals surface area contributed by atoms with E-state index in [0.717, 1.165) is 5.56 Å². The van der Waals surface area contributed by atoms with Crippen LogP contribution in [0.3, 0.4) is 0 Å². The van der Waals surface area contributed by atoms with Gasteiger partial charge >= 0.3 is 0 Å². The lowest BCUT2D eigenvalue weighted by molar-refractivity contribution is 0.174. The second kappa shape index (κ2) is 4.08. The summed E-state index contributed by atoms with van der Waals surface area (Å²) in [5.41, 5.74) is 6.51. The quantitative estimate of drug-likeness (QED) is 0.833. The smallest absolute Gasteiger partial charge is 0.231 e. The van der Waals surface area contributed by atoms with Gasteiger partial charge in [0.05, 0.1) is 10.2 Å². The molecule has 0 spiro atoms. The zero-order valence-electron chi connectivity index (χ0n) is 10.2. The zero-order valence-corrected chi connectivity index (χ0v) is 11.8. The van der Waals surface area contributed by atoms with Crippen LogP contribution >= 0.6 is 12.2 Å². The Morgan fingerprint density at radius 3 is 2.63 bits per heavy atom. The molecule has 0 saturated heterocycles. The normalized spacial score (nSPS) is 28.2. The van der Waals surface area contributed by atoms with Gasteiger partial charge in [0, 0.05) is 18.1 Å². The molecule has 3 atom stereocenters. The van der Waals surface area contributed by atoms with Crippen LogP contribution in [0, 0.1) is 5.92 Å². The highest BCUT2D eigenvalue weighted by atomic mass is 32.2. The average molecular weight is 299 g/mol. The van der Waals surface area contributed by atoms with Gasteiger partial charge in [-0.25, -0.2) is 8.42 Å². The largest absolute Gasteiger partial charge is 0.454 e. The molecule has 19 heavy (non-hydrogen) atoms. The zero-order chi connectivity index (χ0) is 13.8. The van der Waals surface area contributed by atoms with Gasteiger partial charge in [-0.15, -0.1) is 0 Å². The predicted octanol–water partition coefficient (Wildman–Crippen LogP) is 0.828. The molecule has 1 aromatic carbocycles. The molecule has 0 unspecified atom stereocenters. The minimum atomic E-state index is -3.17. The van der Waals surface area contributed by atoms with Crippen molar-refractivity contribution in [2.75, 3.05) is 13.0 Å². The number of benzene rings is 1. The van der Waals surface area contributed by atoms with E-state index in [0.29, 0.717) is 11.5 Å². The van der Waals surface area contributed by atoms with Crippen LogP contribution in [0.1, 0.15) is 11.5 Å². The minimum Gasteiger partial charge on any atom is -0.454 e. The van der Waals surface area contributed by atoms with Gasteiger partial charge < -0.3 is 15.2 Å². The third kappa shape index (κ3) is 2.06. The maximum atomic E-state index is 11.8. The van der Waals surface area contributed by atoms with Crippen LogP contribution in [-0.4, -0.2) is 31.7 Å². The molecule has 1 aromatic rings. The van der Waals surface area contributed by atoms with Crippen LogP contribution in [-0.2, 0) is 9.84 Å². The molecule has 0 radical (unpaired) electrons. The number of sulfone groups is 1. The van der Waals surface area contributed by atoms with Crippen molar-refractivity contribution in [3.63, 3.8) is 0 Å². The van der Waals surface area contributed by atoms with E-state index in [9.17, 15) is 8.42 Å². The highest BCUT2D eigenvalue weighted by molar-refractivity contribution is 7.91. The fourth-order valence-corrected chi connectivity index (χ4v) is 4.67. The summed E-state index contributed by atoms with van der Waals surface area (Å²) in [6, 6.07) is 5.43. The van der Waals surface area contributed by atoms with Gasteiger partial charge in [-0.3, -0.25) is 0 Å². The summed E-state index contributed by atoms with van der Waals surface area (Å²) in [5.74, 6) is 0.845. The molecule has 7 heteroatoms. The van der Waals surface area contributed by atoms with Gasteiger partial charge in [0.15, 0.2) is 21.3 Å². The van der Waals surface area contributed by atoms with Crippen LogP contribution in [0.2, 0.25) is 0 Å². The molecule has 102 valence electrons. The van der Waals surface area contributed by atoms with Gasteiger partial charge in [-0.2, -0.15) is 0 Å². The fraction of sp³-hybridized carbons (Fsp3) is 0.417. The summed E-state index contributed by atoms with van der Waals surface area (Å²) >= 11 is 4.96. The monoisotopic (exact) mass is 299 g/mol. The lowest BCUT2D eigenvalue weighted by atomic mass is 10.1. The van der Waals surface area contributed by atoms with E-state index >= 15 is 0 Å². The second-order valence-electron chi connectivity index (χ2n) is 4.86. The van der Waals surface area contributed by atoms with E-state index in [-0.39, 0.29) is 23.6 Å². The van der Waals surface area contributed by atoms with E-state index in [4.69, 9.17) is 27.4 Å². The van der Waals surface area contributed by atoms with Crippen molar-refractivity contribution in [2.45, 2.75) is 11.2 Å². The molecule has 0 amide bonds. The number of ether oxygens (including phenoxy) is 2. The maximum Gasteiger partial charge on any atom is 0.231 e. The van der Waals surface area contributed by atoms with E-state index in [1.807, 2.05) is 12.1 Å². The summed E-state index contributed by atoms with van der Waals surface area (Å²) in [7, 11) is -3.17. The molecule has 2 N–H and O–H groups in total. The third-order valence-electron chi connectivity index (χ3n) is 3.56. The first-order valence-electron chi connectivity index (χ1n) is 5.77. The lowest BCUT2D eigenvalue weighted by Crippen LogP contribution is -2.16. The molecule has 1 aliphatic carbocycles. The highest BCUT2D eigenvalue weighted by Crippen LogP contribution is 2.53. The van der Waals surface area contributed by atoms with Crippen molar-refractivity contribution in [3.8, 4) is 11.5 Å². The Morgan fingerprint density at radius 1 is 1.37 bits per heavy atom. The molecule has 1 saturated carbocycles. The molecule has 1 heterocycles. The topological polar surface area (TPSA) is 78.6 Å². The van der Waals surface area contributed by atoms with Crippen molar-refractivity contribution in [2.24, 2.45) is 11.7 Å². The molecular formula is C12H13NO4S2. The van der Waals surface area contributed by atoms with Gasteiger partial charge in [0.1, 0.15) is 0 Å². The Labute approximate surface area is 116 Å². The average Bonchev–Trinajstić information content (AvgIpc) is 2.93. The number of hydrogen-bond donors (Lipinski definition) is 1. The van der Waals surface area contributed by atoms with Crippen molar-refractivity contribution in [1.29, 1.82) is 0 Å². The summed E-state index contributed by atoms with van der Waals surface area (Å²) in [5, 5.41) is -0.523. The molecule has 1 aliphatic heterocycles. The second-order valence-corrected chi connectivity index (χ2v) is 7.54. The molecule has 5 nitrogen and oxygen atoms in total. The van der Waals surface area contributed by atoms with Crippen LogP contribution in [0.25, 0.3) is 0 Å². The van der Waals surface area contributed by atoms with Gasteiger partial charge in [-0.1, -0.05) is 18.3 Å². The van der Waals surface area contributed by atoms with Crippen LogP contribution < -0.4 is 15.2 Å². The van der Waals surface area contributed by atoms with E-state index in [1.165, 1.54) is 6.26 Å². The summed E-state index contributed by atoms with van der Waals surface area (Å²) in [4.78, 5) is 0.248. The SMILES string of the molecule is CS(=O)(=O)[C@H]1[C@@H](C(N)=S)[C@@H]1c1ccc2c(c1)OCO2. The number of rotatable bonds is 3. The van der Waals surface area contributed by atoms with Crippen molar-refractivity contribution >= 4 is 27.0 Å².